The fourth-order valence-electron chi connectivity index (χ4n) is 1.59. The minimum atomic E-state index is 0.111. The number of carbonyl (C=O) groups excluding carboxylic acids is 1. The van der Waals surface area contributed by atoms with E-state index in [0.29, 0.717) is 0 Å². The minimum Gasteiger partial charge on any atom is -0.349 e. The van der Waals surface area contributed by atoms with Crippen LogP contribution in [0.25, 0.3) is 0 Å². The molecule has 0 fully saturated rings. The van der Waals surface area contributed by atoms with E-state index >= 15 is 0 Å². The summed E-state index contributed by atoms with van der Waals surface area (Å²) in [7, 11) is 3.61. The third-order valence-electron chi connectivity index (χ3n) is 2.57. The lowest BCUT2D eigenvalue weighted by Gasteiger charge is -2.16. The van der Waals surface area contributed by atoms with Crippen molar-refractivity contribution in [2.45, 2.75) is 19.8 Å². The fourth-order valence-corrected chi connectivity index (χ4v) is 1.59. The molecule has 0 saturated heterocycles. The van der Waals surface area contributed by atoms with Crippen LogP contribution in [0.2, 0.25) is 0 Å². The van der Waals surface area contributed by atoms with Gasteiger partial charge in [-0.1, -0.05) is 37.3 Å². The number of benzene rings is 1. The maximum Gasteiger partial charge on any atom is 0.224 e. The molecule has 1 amide bonds. The lowest BCUT2D eigenvalue weighted by atomic mass is 10.0. The molecule has 1 atom stereocenters. The van der Waals surface area contributed by atoms with Crippen LogP contribution in [-0.2, 0) is 11.2 Å². The molecule has 1 aromatic carbocycles. The van der Waals surface area contributed by atoms with Crippen molar-refractivity contribution in [2.75, 3.05) is 14.1 Å². The van der Waals surface area contributed by atoms with Gasteiger partial charge < -0.3 is 4.90 Å². The van der Waals surface area contributed by atoms with Crippen LogP contribution in [-0.4, -0.2) is 24.9 Å². The standard InChI is InChI=1S/C13H19NO/c1-11(13(15)14(2)3)9-10-12-7-5-4-6-8-12/h4-8,11H,9-10H2,1-3H3. The van der Waals surface area contributed by atoms with Gasteiger partial charge in [0.1, 0.15) is 0 Å². The highest BCUT2D eigenvalue weighted by molar-refractivity contribution is 5.77. The quantitative estimate of drug-likeness (QED) is 0.739. The molecule has 1 aromatic rings. The summed E-state index contributed by atoms with van der Waals surface area (Å²) >= 11 is 0. The van der Waals surface area contributed by atoms with E-state index in [0.717, 1.165) is 12.8 Å². The van der Waals surface area contributed by atoms with Crippen molar-refractivity contribution in [2.24, 2.45) is 5.92 Å². The SMILES string of the molecule is CC(CCc1ccccc1)C(=O)N(C)C. The van der Waals surface area contributed by atoms with Gasteiger partial charge in [-0.25, -0.2) is 0 Å². The molecule has 2 nitrogen and oxygen atoms in total. The number of carbonyl (C=O) groups is 1. The van der Waals surface area contributed by atoms with Gasteiger partial charge in [-0.2, -0.15) is 0 Å². The first-order valence-electron chi connectivity index (χ1n) is 5.36. The second kappa shape index (κ2) is 5.54. The first-order valence-corrected chi connectivity index (χ1v) is 5.36. The van der Waals surface area contributed by atoms with E-state index in [4.69, 9.17) is 0 Å². The van der Waals surface area contributed by atoms with Crippen LogP contribution in [0.15, 0.2) is 30.3 Å². The molecule has 1 rings (SSSR count). The molecule has 1 unspecified atom stereocenters. The van der Waals surface area contributed by atoms with Gasteiger partial charge >= 0.3 is 0 Å². The molecule has 82 valence electrons. The molecular formula is C13H19NO. The molecule has 0 saturated carbocycles. The topological polar surface area (TPSA) is 20.3 Å². The number of hydrogen-bond donors (Lipinski definition) is 0. The monoisotopic (exact) mass is 205 g/mol. The van der Waals surface area contributed by atoms with Gasteiger partial charge in [0.05, 0.1) is 0 Å². The summed E-state index contributed by atoms with van der Waals surface area (Å²) in [5.74, 6) is 0.325. The Balaban J connectivity index is 2.41. The van der Waals surface area contributed by atoms with Crippen molar-refractivity contribution >= 4 is 5.91 Å². The van der Waals surface area contributed by atoms with Gasteiger partial charge in [0.25, 0.3) is 0 Å². The van der Waals surface area contributed by atoms with Crippen LogP contribution in [0.1, 0.15) is 18.9 Å². The molecule has 0 N–H and O–H groups in total. The zero-order valence-corrected chi connectivity index (χ0v) is 9.73. The number of amides is 1. The van der Waals surface area contributed by atoms with Gasteiger partial charge in [0.2, 0.25) is 5.91 Å². The van der Waals surface area contributed by atoms with E-state index in [1.54, 1.807) is 19.0 Å². The Kier molecular flexibility index (Phi) is 4.35. The normalized spacial score (nSPS) is 12.2. The molecule has 0 heterocycles. The highest BCUT2D eigenvalue weighted by Gasteiger charge is 2.14. The average molecular weight is 205 g/mol. The highest BCUT2D eigenvalue weighted by Crippen LogP contribution is 2.10. The lowest BCUT2D eigenvalue weighted by molar-refractivity contribution is -0.132. The molecule has 0 spiro atoms. The summed E-state index contributed by atoms with van der Waals surface area (Å²) in [4.78, 5) is 13.3. The summed E-state index contributed by atoms with van der Waals surface area (Å²) in [6.07, 6.45) is 1.89. The van der Waals surface area contributed by atoms with Crippen molar-refractivity contribution in [3.05, 3.63) is 35.9 Å². The van der Waals surface area contributed by atoms with E-state index in [1.807, 2.05) is 25.1 Å². The fraction of sp³-hybridized carbons (Fsp3) is 0.462. The van der Waals surface area contributed by atoms with Crippen molar-refractivity contribution in [3.63, 3.8) is 0 Å². The zero-order chi connectivity index (χ0) is 11.3. The number of rotatable bonds is 4. The Morgan fingerprint density at radius 3 is 2.40 bits per heavy atom. The minimum absolute atomic E-state index is 0.111. The molecule has 0 aliphatic carbocycles. The van der Waals surface area contributed by atoms with Crippen molar-refractivity contribution < 1.29 is 4.79 Å². The first-order chi connectivity index (χ1) is 7.11. The van der Waals surface area contributed by atoms with Crippen LogP contribution >= 0.6 is 0 Å². The Morgan fingerprint density at radius 1 is 1.27 bits per heavy atom. The summed E-state index contributed by atoms with van der Waals surface area (Å²) in [5, 5.41) is 0. The summed E-state index contributed by atoms with van der Waals surface area (Å²) in [6, 6.07) is 10.3. The molecular weight excluding hydrogens is 186 g/mol. The lowest BCUT2D eigenvalue weighted by Crippen LogP contribution is -2.28. The highest BCUT2D eigenvalue weighted by atomic mass is 16.2. The molecule has 0 aromatic heterocycles. The van der Waals surface area contributed by atoms with Gasteiger partial charge in [-0.3, -0.25) is 4.79 Å². The maximum absolute atomic E-state index is 11.6. The van der Waals surface area contributed by atoms with Gasteiger partial charge in [0.15, 0.2) is 0 Å². The number of nitrogens with zero attached hydrogens (tertiary/aromatic N) is 1. The largest absolute Gasteiger partial charge is 0.349 e. The van der Waals surface area contributed by atoms with E-state index in [2.05, 4.69) is 12.1 Å². The van der Waals surface area contributed by atoms with E-state index < -0.39 is 0 Å². The molecule has 0 aliphatic heterocycles. The van der Waals surface area contributed by atoms with Crippen LogP contribution in [0.3, 0.4) is 0 Å². The van der Waals surface area contributed by atoms with Crippen LogP contribution in [0, 0.1) is 5.92 Å². The van der Waals surface area contributed by atoms with Gasteiger partial charge in [-0.15, -0.1) is 0 Å². The molecule has 0 aliphatic rings. The maximum atomic E-state index is 11.6. The Bertz CT molecular complexity index is 306. The molecule has 0 radical (unpaired) electrons. The van der Waals surface area contributed by atoms with Crippen molar-refractivity contribution in [1.29, 1.82) is 0 Å². The second-order valence-corrected chi connectivity index (χ2v) is 4.16. The Labute approximate surface area is 91.9 Å². The predicted molar refractivity (Wildman–Crippen MR) is 62.6 cm³/mol. The average Bonchev–Trinajstić information content (AvgIpc) is 2.26. The smallest absolute Gasteiger partial charge is 0.224 e. The van der Waals surface area contributed by atoms with Crippen molar-refractivity contribution in [3.8, 4) is 0 Å². The Morgan fingerprint density at radius 2 is 1.87 bits per heavy atom. The third kappa shape index (κ3) is 3.74. The molecule has 15 heavy (non-hydrogen) atoms. The second-order valence-electron chi connectivity index (χ2n) is 4.16. The molecule has 2 heteroatoms. The zero-order valence-electron chi connectivity index (χ0n) is 9.73. The van der Waals surface area contributed by atoms with E-state index in [1.165, 1.54) is 5.56 Å². The summed E-state index contributed by atoms with van der Waals surface area (Å²) < 4.78 is 0. The summed E-state index contributed by atoms with van der Waals surface area (Å²) in [5.41, 5.74) is 1.30. The predicted octanol–water partition coefficient (Wildman–Crippen LogP) is 2.34. The number of aryl methyl sites for hydroxylation is 1. The third-order valence-corrected chi connectivity index (χ3v) is 2.57. The Hall–Kier alpha value is -1.31. The van der Waals surface area contributed by atoms with Crippen molar-refractivity contribution in [1.82, 2.24) is 4.90 Å². The molecule has 0 bridgehead atoms. The van der Waals surface area contributed by atoms with Crippen LogP contribution in [0.4, 0.5) is 0 Å². The summed E-state index contributed by atoms with van der Waals surface area (Å²) in [6.45, 7) is 1.99. The van der Waals surface area contributed by atoms with Gasteiger partial charge in [-0.05, 0) is 18.4 Å². The van der Waals surface area contributed by atoms with Gasteiger partial charge in [0, 0.05) is 20.0 Å². The van der Waals surface area contributed by atoms with E-state index in [-0.39, 0.29) is 11.8 Å². The number of hydrogen-bond acceptors (Lipinski definition) is 1. The van der Waals surface area contributed by atoms with E-state index in [9.17, 15) is 4.79 Å². The first kappa shape index (κ1) is 11.8. The van der Waals surface area contributed by atoms with Crippen LogP contribution in [0.5, 0.6) is 0 Å². The van der Waals surface area contributed by atoms with Crippen LogP contribution < -0.4 is 0 Å².